The Morgan fingerprint density at radius 3 is 1.16 bits per heavy atom. The van der Waals surface area contributed by atoms with Crippen molar-refractivity contribution < 1.29 is 11.0 Å². The topological polar surface area (TPSA) is 17.9 Å². The summed E-state index contributed by atoms with van der Waals surface area (Å²) < 4.78 is 81.1. The summed E-state index contributed by atoms with van der Waals surface area (Å²) in [5.41, 5.74) is 39.4. The minimum atomic E-state index is -0.836. The summed E-state index contributed by atoms with van der Waals surface area (Å²) in [6.07, 6.45) is 0. The lowest BCUT2D eigenvalue weighted by atomic mass is 9.30. The number of aromatic nitrogens is 1. The highest BCUT2D eigenvalue weighted by molar-refractivity contribution is 7.03. The molecule has 644 valence electrons. The number of fused-ring (bicyclic) bond motifs is 27. The second-order valence-electron chi connectivity index (χ2n) is 43.8. The molecule has 6 heterocycles. The van der Waals surface area contributed by atoms with Crippen molar-refractivity contribution in [3.05, 3.63) is 413 Å². The maximum absolute atomic E-state index is 10.4. The van der Waals surface area contributed by atoms with Gasteiger partial charge in [0.25, 0.3) is 13.4 Å². The first-order chi connectivity index (χ1) is 67.2. The molecule has 0 unspecified atom stereocenters. The third-order valence-corrected chi connectivity index (χ3v) is 30.5. The van der Waals surface area contributed by atoms with E-state index in [1.54, 1.807) is 4.57 Å². The van der Waals surface area contributed by atoms with Gasteiger partial charge in [-0.15, -0.1) is 0 Å². The summed E-state index contributed by atoms with van der Waals surface area (Å²) in [5, 5.41) is -0.00270. The van der Waals surface area contributed by atoms with Crippen molar-refractivity contribution in [3.63, 3.8) is 0 Å². The molecule has 1 aromatic heterocycles. The van der Waals surface area contributed by atoms with Gasteiger partial charge in [0.05, 0.1) is 38.8 Å². The minimum Gasteiger partial charge on any atom is -0.311 e. The highest BCUT2D eigenvalue weighted by atomic mass is 15.2. The average molecular weight is 1720 g/mol. The summed E-state index contributed by atoms with van der Waals surface area (Å²) in [4.78, 5) is 10.3. The molecule has 5 nitrogen and oxygen atoms in total. The first kappa shape index (κ1) is 72.6. The molecule has 0 radical (unpaired) electrons. The van der Waals surface area contributed by atoms with Crippen LogP contribution in [-0.4, -0.2) is 18.0 Å². The monoisotopic (exact) mass is 1720 g/mol. The highest BCUT2D eigenvalue weighted by Crippen LogP contribution is 2.66. The molecular weight excluding hydrogens is 1610 g/mol. The lowest BCUT2D eigenvalue weighted by Gasteiger charge is -2.49. The Labute approximate surface area is 796 Å². The lowest BCUT2D eigenvalue weighted by molar-refractivity contribution is 0.568. The Morgan fingerprint density at radius 1 is 0.271 bits per heavy atom. The van der Waals surface area contributed by atoms with E-state index in [9.17, 15) is 11.0 Å². The summed E-state index contributed by atoms with van der Waals surface area (Å²) in [6.45, 7) is 38.7. The van der Waals surface area contributed by atoms with Crippen LogP contribution in [0.5, 0.6) is 0 Å². The molecule has 1 spiro atoms. The minimum absolute atomic E-state index is 0.00135. The number of hydrogen-bond donors (Lipinski definition) is 0. The maximum atomic E-state index is 10.4. The van der Waals surface area contributed by atoms with E-state index in [0.29, 0.717) is 5.69 Å². The Kier molecular flexibility index (Phi) is 15.4. The van der Waals surface area contributed by atoms with Gasteiger partial charge in [0.15, 0.2) is 0 Å². The number of para-hydroxylation sites is 4. The standard InChI is InChI=1S/C126H109B2N5/c1-120(2,3)79-63-80(121(4,5)6)67-85(66-79)130-107-57-36-32-53-101(107)127-103-74-104-110-75-109(103)132(112-62-78(61-111(130)117(112)127)89-48-38-49-96-93-45-26-31-52-99(93)126(116(89)96)97-50-29-24-43-91(97)92-44-25-30-51-98(92)126)87-70-83(124(13,14)15)65-84(71-87)125(16,17)100-60-59-90(76-39-20-18-21-40-76)119(115(100)77-41-22-19-23-42-77)133(110)114-73-88(129-105-55-34-27-46-94(105)95-47-28-35-56-106(95)129)72-113-118(114)128(104)102-54-33-37-58-108(102)131(113)86-68-81(122(7,8)9)64-82(69-86)123(10,11)12/h18-75H,1-17H3/i27D,28D,34D,35D,46D,47D,55D,56D. The molecule has 17 aromatic carbocycles. The number of rotatable bonds is 6. The molecule has 6 bridgehead atoms. The van der Waals surface area contributed by atoms with E-state index in [-0.39, 0.29) is 55.6 Å². The molecule has 7 heteroatoms. The predicted molar refractivity (Wildman–Crippen MR) is 567 cm³/mol. The van der Waals surface area contributed by atoms with Gasteiger partial charge in [0.2, 0.25) is 0 Å². The zero-order valence-electron chi connectivity index (χ0n) is 86.8. The summed E-state index contributed by atoms with van der Waals surface area (Å²) in [5.74, 6) is 0. The molecule has 0 saturated carbocycles. The highest BCUT2D eigenvalue weighted by Gasteiger charge is 2.55. The van der Waals surface area contributed by atoms with Crippen LogP contribution in [0.4, 0.5) is 68.2 Å². The van der Waals surface area contributed by atoms with Crippen LogP contribution in [0.15, 0.2) is 352 Å². The van der Waals surface area contributed by atoms with Crippen molar-refractivity contribution in [1.82, 2.24) is 4.57 Å². The molecule has 133 heavy (non-hydrogen) atoms. The van der Waals surface area contributed by atoms with E-state index in [2.05, 4.69) is 441 Å². The summed E-state index contributed by atoms with van der Waals surface area (Å²) in [6, 6.07) is 113. The number of anilines is 12. The molecule has 0 saturated heterocycles. The predicted octanol–water partition coefficient (Wildman–Crippen LogP) is 29.4. The van der Waals surface area contributed by atoms with Crippen LogP contribution < -0.4 is 52.4 Å². The third kappa shape index (κ3) is 11.7. The van der Waals surface area contributed by atoms with Crippen molar-refractivity contribution in [3.8, 4) is 61.3 Å². The quantitative estimate of drug-likeness (QED) is 0.154. The molecule has 2 aliphatic carbocycles. The van der Waals surface area contributed by atoms with Crippen molar-refractivity contribution in [2.45, 2.75) is 156 Å². The third-order valence-electron chi connectivity index (χ3n) is 30.5. The number of hydrogen-bond acceptors (Lipinski definition) is 4. The molecule has 7 aliphatic rings. The van der Waals surface area contributed by atoms with Crippen LogP contribution in [0.3, 0.4) is 0 Å². The van der Waals surface area contributed by atoms with E-state index in [1.807, 2.05) is 0 Å². The lowest BCUT2D eigenvalue weighted by Crippen LogP contribution is -2.65. The second-order valence-corrected chi connectivity index (χ2v) is 43.8. The van der Waals surface area contributed by atoms with Crippen molar-refractivity contribution in [2.24, 2.45) is 0 Å². The summed E-state index contributed by atoms with van der Waals surface area (Å²) >= 11 is 0. The maximum Gasteiger partial charge on any atom is 0.252 e. The van der Waals surface area contributed by atoms with Crippen LogP contribution in [0.2, 0.25) is 0 Å². The Morgan fingerprint density at radius 2 is 0.662 bits per heavy atom. The van der Waals surface area contributed by atoms with Gasteiger partial charge < -0.3 is 24.2 Å². The smallest absolute Gasteiger partial charge is 0.252 e. The zero-order chi connectivity index (χ0) is 97.9. The molecule has 0 atom stereocenters. The Bertz CT molecular complexity index is 8370. The van der Waals surface area contributed by atoms with Crippen LogP contribution >= 0.6 is 0 Å². The molecule has 0 amide bonds. The van der Waals surface area contributed by atoms with Gasteiger partial charge in [-0.05, 0) is 257 Å². The van der Waals surface area contributed by atoms with Crippen LogP contribution in [0, 0.1) is 0 Å². The molecule has 25 rings (SSSR count). The van der Waals surface area contributed by atoms with Gasteiger partial charge in [0, 0.05) is 89.9 Å². The Balaban J connectivity index is 0.896. The molecule has 18 aromatic rings. The van der Waals surface area contributed by atoms with Gasteiger partial charge in [-0.25, -0.2) is 0 Å². The molecular formula is C126H109B2N5. The van der Waals surface area contributed by atoms with E-state index < -0.39 is 65.9 Å². The number of nitrogens with zero attached hydrogens (tertiary/aromatic N) is 5. The van der Waals surface area contributed by atoms with E-state index >= 15 is 0 Å². The van der Waals surface area contributed by atoms with Crippen LogP contribution in [0.1, 0.15) is 190 Å². The normalized spacial score (nSPS) is 15.7. The Hall–Kier alpha value is -14.1. The fourth-order valence-corrected chi connectivity index (χ4v) is 23.8. The van der Waals surface area contributed by atoms with Gasteiger partial charge in [-0.2, -0.15) is 0 Å². The average Bonchev–Trinajstić information content (AvgIpc) is 1.50. The SMILES string of the molecule is [2H]c1c([2H])c([2H])c2c(c1[2H])c1c([2H])c([2H])c([2H])c([2H])c1n2-c1cc2c3c(c1)N1c4cc5c(cc4B3c3ccccc3N2c2cc(C(C)(C)C)cc(C(C)(C)C)c2)B2c3ccccc3N(c3cc(C(C)(C)C)cc(C(C)(C)C)c3)c3cc(-c4cccc6c4C4(c7ccccc7-c7ccccc74)c4ccccc4-6)cc(c32)N5c2cc(C(C)(C)C)cc(c2)C(C)(C)c2ccc(-c3ccccc3)c1c2-c1ccccc1. The van der Waals surface area contributed by atoms with Crippen molar-refractivity contribution in [1.29, 1.82) is 0 Å². The first-order valence-corrected chi connectivity index (χ1v) is 47.4. The molecule has 5 aliphatic heterocycles. The summed E-state index contributed by atoms with van der Waals surface area (Å²) in [7, 11) is 0. The second kappa shape index (κ2) is 28.2. The van der Waals surface area contributed by atoms with Gasteiger partial charge >= 0.3 is 0 Å². The fourth-order valence-electron chi connectivity index (χ4n) is 23.8. The van der Waals surface area contributed by atoms with Gasteiger partial charge in [-0.3, -0.25) is 0 Å². The number of benzene rings is 17. The largest absolute Gasteiger partial charge is 0.311 e. The van der Waals surface area contributed by atoms with Crippen LogP contribution in [-0.2, 0) is 37.9 Å². The molecule has 0 N–H and O–H groups in total. The van der Waals surface area contributed by atoms with Gasteiger partial charge in [0.1, 0.15) is 0 Å². The van der Waals surface area contributed by atoms with Crippen molar-refractivity contribution >= 4 is 136 Å². The van der Waals surface area contributed by atoms with E-state index in [0.717, 1.165) is 151 Å². The van der Waals surface area contributed by atoms with Crippen LogP contribution in [0.25, 0.3) is 83.1 Å². The first-order valence-electron chi connectivity index (χ1n) is 51.4. The molecule has 0 fully saturated rings. The van der Waals surface area contributed by atoms with Crippen molar-refractivity contribution in [2.75, 3.05) is 19.6 Å². The fraction of sp³-hybridized carbons (Fsp3) is 0.190. The van der Waals surface area contributed by atoms with E-state index in [4.69, 9.17) is 0 Å². The van der Waals surface area contributed by atoms with E-state index in [1.165, 1.54) is 66.7 Å². The zero-order valence-corrected chi connectivity index (χ0v) is 78.8. The van der Waals surface area contributed by atoms with Gasteiger partial charge in [-0.1, -0.05) is 378 Å².